The summed E-state index contributed by atoms with van der Waals surface area (Å²) in [7, 11) is 1.88. The maximum atomic E-state index is 12.2. The molecule has 0 aliphatic rings. The summed E-state index contributed by atoms with van der Waals surface area (Å²) in [6.07, 6.45) is 3.52. The summed E-state index contributed by atoms with van der Waals surface area (Å²) in [4.78, 5) is 20.8. The lowest BCUT2D eigenvalue weighted by molar-refractivity contribution is 0.102. The lowest BCUT2D eigenvalue weighted by Gasteiger charge is -2.01. The van der Waals surface area contributed by atoms with Crippen molar-refractivity contribution in [1.29, 1.82) is 0 Å². The Labute approximate surface area is 154 Å². The summed E-state index contributed by atoms with van der Waals surface area (Å²) in [5.41, 5.74) is 3.94. The number of pyridine rings is 1. The summed E-state index contributed by atoms with van der Waals surface area (Å²) < 4.78 is 1.77. The molecule has 3 aromatic heterocycles. The van der Waals surface area contributed by atoms with Gasteiger partial charge in [-0.3, -0.25) is 19.8 Å². The molecule has 0 radical (unpaired) electrons. The van der Waals surface area contributed by atoms with E-state index in [0.29, 0.717) is 10.8 Å². The van der Waals surface area contributed by atoms with Crippen LogP contribution in [0, 0.1) is 0 Å². The highest BCUT2D eigenvalue weighted by Gasteiger charge is 2.16. The van der Waals surface area contributed by atoms with Crippen LogP contribution in [0.1, 0.15) is 10.5 Å². The predicted octanol–water partition coefficient (Wildman–Crippen LogP) is 3.86. The van der Waals surface area contributed by atoms with Crippen molar-refractivity contribution in [2.24, 2.45) is 7.05 Å². The first-order chi connectivity index (χ1) is 12.7. The standard InChI is InChI=1S/C19H15N5OS/c1-24-11-14(17(23-24)13-7-3-2-4-8-13)16-12-26-19(21-16)22-18(25)15-9-5-6-10-20-15/h2-12H,1H3,(H,21,22,25). The van der Waals surface area contributed by atoms with Crippen LogP contribution in [-0.4, -0.2) is 25.7 Å². The Bertz CT molecular complexity index is 1040. The van der Waals surface area contributed by atoms with Gasteiger partial charge in [-0.2, -0.15) is 5.10 Å². The van der Waals surface area contributed by atoms with E-state index in [1.54, 1.807) is 29.1 Å². The van der Waals surface area contributed by atoms with Crippen LogP contribution in [0.2, 0.25) is 0 Å². The summed E-state index contributed by atoms with van der Waals surface area (Å²) in [5.74, 6) is -0.277. The fraction of sp³-hybridized carbons (Fsp3) is 0.0526. The SMILES string of the molecule is Cn1cc(-c2csc(NC(=O)c3ccccn3)n2)c(-c2ccccc2)n1. The molecular weight excluding hydrogens is 346 g/mol. The van der Waals surface area contributed by atoms with Gasteiger partial charge in [0, 0.05) is 35.9 Å². The molecule has 0 spiro atoms. The van der Waals surface area contributed by atoms with Gasteiger partial charge in [0.15, 0.2) is 5.13 Å². The maximum Gasteiger partial charge on any atom is 0.276 e. The fourth-order valence-corrected chi connectivity index (χ4v) is 3.30. The number of thiazole rings is 1. The predicted molar refractivity (Wildman–Crippen MR) is 102 cm³/mol. The van der Waals surface area contributed by atoms with Crippen LogP contribution >= 0.6 is 11.3 Å². The zero-order valence-electron chi connectivity index (χ0n) is 14.0. The van der Waals surface area contributed by atoms with E-state index in [2.05, 4.69) is 20.4 Å². The topological polar surface area (TPSA) is 72.7 Å². The molecule has 6 nitrogen and oxygen atoms in total. The molecule has 0 unspecified atom stereocenters. The Kier molecular flexibility index (Phi) is 4.28. The van der Waals surface area contributed by atoms with Gasteiger partial charge in [-0.15, -0.1) is 11.3 Å². The molecule has 26 heavy (non-hydrogen) atoms. The minimum atomic E-state index is -0.277. The Morgan fingerprint density at radius 1 is 1.12 bits per heavy atom. The number of amides is 1. The number of carbonyl (C=O) groups is 1. The molecule has 0 saturated heterocycles. The molecule has 3 heterocycles. The quantitative estimate of drug-likeness (QED) is 0.599. The highest BCUT2D eigenvalue weighted by atomic mass is 32.1. The molecule has 0 saturated carbocycles. The smallest absolute Gasteiger partial charge is 0.276 e. The molecule has 0 fully saturated rings. The van der Waals surface area contributed by atoms with Crippen LogP contribution in [0.15, 0.2) is 66.3 Å². The number of nitrogens with one attached hydrogen (secondary N) is 1. The van der Waals surface area contributed by atoms with Crippen LogP contribution in [0.4, 0.5) is 5.13 Å². The van der Waals surface area contributed by atoms with Crippen molar-refractivity contribution in [3.05, 3.63) is 72.0 Å². The van der Waals surface area contributed by atoms with E-state index >= 15 is 0 Å². The number of anilines is 1. The van der Waals surface area contributed by atoms with E-state index in [4.69, 9.17) is 0 Å². The highest BCUT2D eigenvalue weighted by molar-refractivity contribution is 7.14. The first-order valence-electron chi connectivity index (χ1n) is 7.98. The second-order valence-electron chi connectivity index (χ2n) is 5.64. The van der Waals surface area contributed by atoms with E-state index in [1.165, 1.54) is 11.3 Å². The average molecular weight is 361 g/mol. The fourth-order valence-electron chi connectivity index (χ4n) is 2.60. The highest BCUT2D eigenvalue weighted by Crippen LogP contribution is 2.32. The summed E-state index contributed by atoms with van der Waals surface area (Å²) in [6, 6.07) is 15.2. The number of aryl methyl sites for hydroxylation is 1. The third kappa shape index (κ3) is 3.25. The van der Waals surface area contributed by atoms with Crippen LogP contribution < -0.4 is 5.32 Å². The monoisotopic (exact) mass is 361 g/mol. The van der Waals surface area contributed by atoms with Crippen molar-refractivity contribution in [2.75, 3.05) is 5.32 Å². The van der Waals surface area contributed by atoms with Gasteiger partial charge in [-0.1, -0.05) is 36.4 Å². The first-order valence-corrected chi connectivity index (χ1v) is 8.86. The van der Waals surface area contributed by atoms with E-state index < -0.39 is 0 Å². The van der Waals surface area contributed by atoms with E-state index in [9.17, 15) is 4.79 Å². The molecule has 4 rings (SSSR count). The number of hydrogen-bond donors (Lipinski definition) is 1. The van der Waals surface area contributed by atoms with Crippen molar-refractivity contribution in [3.8, 4) is 22.5 Å². The van der Waals surface area contributed by atoms with Crippen molar-refractivity contribution < 1.29 is 4.79 Å². The number of hydrogen-bond acceptors (Lipinski definition) is 5. The Balaban J connectivity index is 1.62. The Morgan fingerprint density at radius 3 is 2.69 bits per heavy atom. The number of rotatable bonds is 4. The van der Waals surface area contributed by atoms with Crippen LogP contribution in [0.3, 0.4) is 0 Å². The zero-order valence-corrected chi connectivity index (χ0v) is 14.8. The minimum Gasteiger partial charge on any atom is -0.296 e. The third-order valence-corrected chi connectivity index (χ3v) is 4.53. The second kappa shape index (κ2) is 6.89. The molecule has 7 heteroatoms. The molecule has 0 atom stereocenters. The summed E-state index contributed by atoms with van der Waals surface area (Å²) in [5, 5.41) is 9.79. The first kappa shape index (κ1) is 16.2. The second-order valence-corrected chi connectivity index (χ2v) is 6.50. The van der Waals surface area contributed by atoms with Gasteiger partial charge in [0.05, 0.1) is 5.69 Å². The molecule has 1 N–H and O–H groups in total. The van der Waals surface area contributed by atoms with Crippen molar-refractivity contribution >= 4 is 22.4 Å². The van der Waals surface area contributed by atoms with Crippen molar-refractivity contribution in [1.82, 2.24) is 19.7 Å². The molecular formula is C19H15N5OS. The lowest BCUT2D eigenvalue weighted by Crippen LogP contribution is -2.13. The number of carbonyl (C=O) groups excluding carboxylic acids is 1. The van der Waals surface area contributed by atoms with Crippen LogP contribution in [-0.2, 0) is 7.05 Å². The van der Waals surface area contributed by atoms with Crippen LogP contribution in [0.25, 0.3) is 22.5 Å². The Morgan fingerprint density at radius 2 is 1.92 bits per heavy atom. The molecule has 0 aliphatic heterocycles. The van der Waals surface area contributed by atoms with Gasteiger partial charge in [-0.05, 0) is 12.1 Å². The zero-order chi connectivity index (χ0) is 17.9. The van der Waals surface area contributed by atoms with E-state index in [0.717, 1.165) is 22.5 Å². The van der Waals surface area contributed by atoms with Gasteiger partial charge in [0.1, 0.15) is 11.4 Å². The van der Waals surface area contributed by atoms with Crippen molar-refractivity contribution in [3.63, 3.8) is 0 Å². The number of benzene rings is 1. The van der Waals surface area contributed by atoms with Gasteiger partial charge < -0.3 is 0 Å². The van der Waals surface area contributed by atoms with Gasteiger partial charge in [0.2, 0.25) is 0 Å². The summed E-state index contributed by atoms with van der Waals surface area (Å²) >= 11 is 1.37. The van der Waals surface area contributed by atoms with Crippen LogP contribution in [0.5, 0.6) is 0 Å². The lowest BCUT2D eigenvalue weighted by atomic mass is 10.1. The molecule has 1 amide bonds. The molecule has 128 valence electrons. The van der Waals surface area contributed by atoms with Crippen molar-refractivity contribution in [2.45, 2.75) is 0 Å². The van der Waals surface area contributed by atoms with E-state index in [-0.39, 0.29) is 5.91 Å². The number of nitrogens with zero attached hydrogens (tertiary/aromatic N) is 4. The van der Waals surface area contributed by atoms with E-state index in [1.807, 2.05) is 49.0 Å². The molecule has 1 aromatic carbocycles. The van der Waals surface area contributed by atoms with Gasteiger partial charge in [-0.25, -0.2) is 4.98 Å². The maximum absolute atomic E-state index is 12.2. The average Bonchev–Trinajstić information content (AvgIpc) is 3.29. The minimum absolute atomic E-state index is 0.277. The number of aromatic nitrogens is 4. The molecule has 0 bridgehead atoms. The summed E-state index contributed by atoms with van der Waals surface area (Å²) in [6.45, 7) is 0. The van der Waals surface area contributed by atoms with Gasteiger partial charge in [0.25, 0.3) is 5.91 Å². The molecule has 0 aliphatic carbocycles. The third-order valence-electron chi connectivity index (χ3n) is 3.77. The molecule has 4 aromatic rings. The Hall–Kier alpha value is -3.32. The largest absolute Gasteiger partial charge is 0.296 e. The van der Waals surface area contributed by atoms with Gasteiger partial charge >= 0.3 is 0 Å². The normalized spacial score (nSPS) is 10.7.